The molecule has 2 aromatic carbocycles. The average Bonchev–Trinajstić information content (AvgIpc) is 2.70. The van der Waals surface area contributed by atoms with E-state index in [1.54, 1.807) is 36.4 Å². The van der Waals surface area contributed by atoms with E-state index in [4.69, 9.17) is 4.74 Å². The number of ether oxygens (including phenoxy) is 1. The molecule has 8 heteroatoms. The largest absolute Gasteiger partial charge is 0.421 e. The first-order valence-corrected chi connectivity index (χ1v) is 7.99. The van der Waals surface area contributed by atoms with Crippen LogP contribution in [-0.4, -0.2) is 28.3 Å². The molecule has 7 nitrogen and oxygen atoms in total. The minimum Gasteiger partial charge on any atom is -0.421 e. The molecule has 0 bridgehead atoms. The third-order valence-electron chi connectivity index (χ3n) is 3.40. The van der Waals surface area contributed by atoms with E-state index < -0.39 is 11.7 Å². The minimum atomic E-state index is -0.535. The van der Waals surface area contributed by atoms with E-state index in [2.05, 4.69) is 20.6 Å². The summed E-state index contributed by atoms with van der Waals surface area (Å²) in [6.07, 6.45) is 2.64. The Morgan fingerprint density at radius 3 is 2.33 bits per heavy atom. The molecule has 0 radical (unpaired) electrons. The van der Waals surface area contributed by atoms with Crippen LogP contribution in [0.25, 0.3) is 0 Å². The van der Waals surface area contributed by atoms with Gasteiger partial charge in [0.25, 0.3) is 5.91 Å². The number of para-hydroxylation sites is 1. The number of benzene rings is 2. The predicted octanol–water partition coefficient (Wildman–Crippen LogP) is 2.78. The number of hydrogen-bond donors (Lipinski definition) is 2. The summed E-state index contributed by atoms with van der Waals surface area (Å²) in [5.74, 6) is -1.33. The summed E-state index contributed by atoms with van der Waals surface area (Å²) in [6, 6.07) is 14.4. The van der Waals surface area contributed by atoms with Gasteiger partial charge in [-0.2, -0.15) is 0 Å². The van der Waals surface area contributed by atoms with E-state index in [9.17, 15) is 14.0 Å². The number of hydrogen-bond acceptors (Lipinski definition) is 5. The smallest absolute Gasteiger partial charge is 0.322 e. The van der Waals surface area contributed by atoms with Crippen molar-refractivity contribution in [1.29, 1.82) is 0 Å². The Labute approximate surface area is 154 Å². The predicted molar refractivity (Wildman–Crippen MR) is 95.9 cm³/mol. The van der Waals surface area contributed by atoms with Gasteiger partial charge in [-0.15, -0.1) is 0 Å². The van der Waals surface area contributed by atoms with Crippen LogP contribution < -0.4 is 15.4 Å². The first-order chi connectivity index (χ1) is 13.1. The number of nitrogens with zero attached hydrogens (tertiary/aromatic N) is 2. The molecule has 0 aliphatic heterocycles. The molecule has 3 aromatic rings. The first-order valence-electron chi connectivity index (χ1n) is 7.99. The summed E-state index contributed by atoms with van der Waals surface area (Å²) in [7, 11) is 0. The molecule has 2 N–H and O–H groups in total. The molecule has 136 valence electrons. The van der Waals surface area contributed by atoms with Crippen molar-refractivity contribution in [3.8, 4) is 11.8 Å². The maximum atomic E-state index is 13.5. The lowest BCUT2D eigenvalue weighted by Crippen LogP contribution is -2.32. The monoisotopic (exact) mass is 366 g/mol. The number of rotatable bonds is 6. The topological polar surface area (TPSA) is 93.2 Å². The molecule has 0 spiro atoms. The lowest BCUT2D eigenvalue weighted by molar-refractivity contribution is -0.115. The summed E-state index contributed by atoms with van der Waals surface area (Å²) in [5, 5.41) is 5.05. The van der Waals surface area contributed by atoms with Gasteiger partial charge in [0.15, 0.2) is 11.6 Å². The molecule has 0 atom stereocenters. The van der Waals surface area contributed by atoms with Crippen LogP contribution in [0.5, 0.6) is 11.8 Å². The SMILES string of the molecule is O=C(CNC(=O)c1ccccc1)Nc1cnc(Oc2ccccc2F)nc1. The molecular formula is C19H15FN4O3. The Bertz CT molecular complexity index is 933. The van der Waals surface area contributed by atoms with Crippen molar-refractivity contribution in [2.24, 2.45) is 0 Å². The first kappa shape index (κ1) is 18.0. The van der Waals surface area contributed by atoms with Gasteiger partial charge in [-0.25, -0.2) is 14.4 Å². The van der Waals surface area contributed by atoms with Gasteiger partial charge in [0.2, 0.25) is 5.91 Å². The van der Waals surface area contributed by atoms with Crippen LogP contribution in [0.2, 0.25) is 0 Å². The van der Waals surface area contributed by atoms with Gasteiger partial charge in [-0.1, -0.05) is 30.3 Å². The fourth-order valence-corrected chi connectivity index (χ4v) is 2.12. The number of amides is 2. The third kappa shape index (κ3) is 5.08. The molecule has 0 aliphatic carbocycles. The summed E-state index contributed by atoms with van der Waals surface area (Å²) in [4.78, 5) is 31.6. The molecule has 3 rings (SSSR count). The summed E-state index contributed by atoms with van der Waals surface area (Å²) in [5.41, 5.74) is 0.776. The highest BCUT2D eigenvalue weighted by Crippen LogP contribution is 2.21. The zero-order valence-electron chi connectivity index (χ0n) is 14.1. The van der Waals surface area contributed by atoms with E-state index in [0.717, 1.165) is 0 Å². The number of nitrogens with one attached hydrogen (secondary N) is 2. The van der Waals surface area contributed by atoms with Crippen molar-refractivity contribution in [2.75, 3.05) is 11.9 Å². The number of anilines is 1. The highest BCUT2D eigenvalue weighted by Gasteiger charge is 2.09. The van der Waals surface area contributed by atoms with Crippen LogP contribution in [0.1, 0.15) is 10.4 Å². The molecule has 0 fully saturated rings. The third-order valence-corrected chi connectivity index (χ3v) is 3.40. The Hall–Kier alpha value is -3.81. The van der Waals surface area contributed by atoms with Crippen LogP contribution in [0, 0.1) is 5.82 Å². The average molecular weight is 366 g/mol. The standard InChI is InChI=1S/C19H15FN4O3/c20-15-8-4-5-9-16(15)27-19-22-10-14(11-23-19)24-17(25)12-21-18(26)13-6-2-1-3-7-13/h1-11H,12H2,(H,21,26)(H,24,25). The molecule has 0 saturated carbocycles. The van der Waals surface area contributed by atoms with Crippen molar-refractivity contribution >= 4 is 17.5 Å². The summed E-state index contributed by atoms with van der Waals surface area (Å²) >= 11 is 0. The highest BCUT2D eigenvalue weighted by molar-refractivity contribution is 5.99. The molecular weight excluding hydrogens is 351 g/mol. The van der Waals surface area contributed by atoms with Gasteiger partial charge in [0.1, 0.15) is 0 Å². The normalized spacial score (nSPS) is 10.1. The quantitative estimate of drug-likeness (QED) is 0.700. The second kappa shape index (κ2) is 8.52. The Balaban J connectivity index is 1.51. The van der Waals surface area contributed by atoms with Crippen LogP contribution in [0.4, 0.5) is 10.1 Å². The number of carbonyl (C=O) groups excluding carboxylic acids is 2. The maximum Gasteiger partial charge on any atom is 0.322 e. The number of carbonyl (C=O) groups is 2. The van der Waals surface area contributed by atoms with Crippen LogP contribution in [-0.2, 0) is 4.79 Å². The van der Waals surface area contributed by atoms with Crippen molar-refractivity contribution < 1.29 is 18.7 Å². The van der Waals surface area contributed by atoms with Crippen molar-refractivity contribution in [3.05, 3.63) is 78.4 Å². The van der Waals surface area contributed by atoms with Crippen molar-refractivity contribution in [2.45, 2.75) is 0 Å². The molecule has 1 aromatic heterocycles. The fourth-order valence-electron chi connectivity index (χ4n) is 2.12. The van der Waals surface area contributed by atoms with E-state index in [0.29, 0.717) is 11.3 Å². The lowest BCUT2D eigenvalue weighted by Gasteiger charge is -2.08. The number of aromatic nitrogens is 2. The second-order valence-corrected chi connectivity index (χ2v) is 5.38. The van der Waals surface area contributed by atoms with Crippen molar-refractivity contribution in [3.63, 3.8) is 0 Å². The molecule has 0 unspecified atom stereocenters. The van der Waals surface area contributed by atoms with E-state index in [1.165, 1.54) is 30.6 Å². The second-order valence-electron chi connectivity index (χ2n) is 5.38. The van der Waals surface area contributed by atoms with E-state index in [-0.39, 0.29) is 24.2 Å². The molecule has 27 heavy (non-hydrogen) atoms. The minimum absolute atomic E-state index is 0.00194. The van der Waals surface area contributed by atoms with Crippen LogP contribution in [0.3, 0.4) is 0 Å². The zero-order valence-corrected chi connectivity index (χ0v) is 14.1. The summed E-state index contributed by atoms with van der Waals surface area (Å²) < 4.78 is 18.8. The van der Waals surface area contributed by atoms with Crippen molar-refractivity contribution in [1.82, 2.24) is 15.3 Å². The zero-order chi connectivity index (χ0) is 19.1. The molecule has 0 saturated heterocycles. The van der Waals surface area contributed by atoms with Gasteiger partial charge in [0.05, 0.1) is 24.6 Å². The fraction of sp³-hybridized carbons (Fsp3) is 0.0526. The lowest BCUT2D eigenvalue weighted by atomic mass is 10.2. The molecule has 0 aliphatic rings. The Morgan fingerprint density at radius 2 is 1.63 bits per heavy atom. The van der Waals surface area contributed by atoms with Gasteiger partial charge >= 0.3 is 6.01 Å². The van der Waals surface area contributed by atoms with Gasteiger partial charge in [0, 0.05) is 5.56 Å². The summed E-state index contributed by atoms with van der Waals surface area (Å²) in [6.45, 7) is -0.207. The molecule has 2 amide bonds. The van der Waals surface area contributed by atoms with Crippen LogP contribution >= 0.6 is 0 Å². The van der Waals surface area contributed by atoms with Gasteiger partial charge < -0.3 is 15.4 Å². The van der Waals surface area contributed by atoms with Crippen LogP contribution in [0.15, 0.2) is 67.0 Å². The van der Waals surface area contributed by atoms with E-state index >= 15 is 0 Å². The Morgan fingerprint density at radius 1 is 0.963 bits per heavy atom. The molecule has 1 heterocycles. The Kier molecular flexibility index (Phi) is 5.68. The highest BCUT2D eigenvalue weighted by atomic mass is 19.1. The number of halogens is 1. The van der Waals surface area contributed by atoms with Gasteiger partial charge in [-0.3, -0.25) is 9.59 Å². The van der Waals surface area contributed by atoms with Gasteiger partial charge in [-0.05, 0) is 24.3 Å². The maximum absolute atomic E-state index is 13.5. The van der Waals surface area contributed by atoms with E-state index in [1.807, 2.05) is 0 Å².